The molecule has 1 rings (SSSR count). The number of hydrogen-bond acceptors (Lipinski definition) is 5. The molecule has 2 N–H and O–H groups in total. The average molecular weight is 350 g/mol. The summed E-state index contributed by atoms with van der Waals surface area (Å²) in [7, 11) is 0. The van der Waals surface area contributed by atoms with Crippen molar-refractivity contribution >= 4 is 33.4 Å². The number of thioether (sulfide) groups is 1. The number of nitrogens with zero attached hydrogens (tertiary/aromatic N) is 2. The van der Waals surface area contributed by atoms with Crippen LogP contribution in [0.15, 0.2) is 15.5 Å². The van der Waals surface area contributed by atoms with E-state index in [1.165, 1.54) is 4.68 Å². The van der Waals surface area contributed by atoms with Gasteiger partial charge >= 0.3 is 0 Å². The third-order valence-corrected chi connectivity index (χ3v) is 4.22. The molecule has 1 aromatic heterocycles. The van der Waals surface area contributed by atoms with Gasteiger partial charge in [0.25, 0.3) is 5.56 Å². The first-order chi connectivity index (χ1) is 8.78. The summed E-state index contributed by atoms with van der Waals surface area (Å²) in [5.41, 5.74) is -0.404. The highest BCUT2D eigenvalue weighted by Crippen LogP contribution is 2.19. The summed E-state index contributed by atoms with van der Waals surface area (Å²) in [6.45, 7) is 5.92. The highest BCUT2D eigenvalue weighted by Gasteiger charge is 2.20. The van der Waals surface area contributed by atoms with Gasteiger partial charge in [-0.05, 0) is 43.0 Å². The molecule has 0 bridgehead atoms. The van der Waals surface area contributed by atoms with Crippen LogP contribution in [0.2, 0.25) is 0 Å². The predicted octanol–water partition coefficient (Wildman–Crippen LogP) is 2.11. The molecule has 1 unspecified atom stereocenters. The second kappa shape index (κ2) is 6.76. The molecular formula is C12H20BrN3O2S. The van der Waals surface area contributed by atoms with Crippen LogP contribution in [0.25, 0.3) is 0 Å². The minimum atomic E-state index is -0.828. The third-order valence-electron chi connectivity index (χ3n) is 2.55. The fourth-order valence-electron chi connectivity index (χ4n) is 1.58. The third kappa shape index (κ3) is 4.50. The largest absolute Gasteiger partial charge is 0.387 e. The van der Waals surface area contributed by atoms with Crippen LogP contribution in [0.1, 0.15) is 26.8 Å². The van der Waals surface area contributed by atoms with E-state index in [-0.39, 0.29) is 11.6 Å². The number of anilines is 1. The standard InChI is InChI=1S/C12H20BrN3O2S/c1-8(2)16-11(17)10(13)9(5-15-16)14-6-12(3,18)7-19-4/h5,8,14,18H,6-7H2,1-4H3. The Hall–Kier alpha value is -0.530. The molecule has 7 heteroatoms. The predicted molar refractivity (Wildman–Crippen MR) is 84.1 cm³/mol. The molecule has 0 saturated carbocycles. The summed E-state index contributed by atoms with van der Waals surface area (Å²) in [4.78, 5) is 12.0. The monoisotopic (exact) mass is 349 g/mol. The minimum absolute atomic E-state index is 0.0115. The topological polar surface area (TPSA) is 67.2 Å². The van der Waals surface area contributed by atoms with Crippen molar-refractivity contribution in [2.75, 3.05) is 23.9 Å². The van der Waals surface area contributed by atoms with E-state index in [1.807, 2.05) is 20.1 Å². The zero-order valence-electron chi connectivity index (χ0n) is 11.6. The number of aromatic nitrogens is 2. The summed E-state index contributed by atoms with van der Waals surface area (Å²) in [6, 6.07) is 0.0115. The Morgan fingerprint density at radius 2 is 2.26 bits per heavy atom. The van der Waals surface area contributed by atoms with Gasteiger partial charge in [0.05, 0.1) is 23.5 Å². The van der Waals surface area contributed by atoms with E-state index in [9.17, 15) is 9.90 Å². The molecule has 108 valence electrons. The smallest absolute Gasteiger partial charge is 0.283 e. The SMILES string of the molecule is CSCC(C)(O)CNc1cnn(C(C)C)c(=O)c1Br. The lowest BCUT2D eigenvalue weighted by molar-refractivity contribution is 0.0997. The van der Waals surface area contributed by atoms with Gasteiger partial charge in [-0.25, -0.2) is 4.68 Å². The second-order valence-electron chi connectivity index (χ2n) is 5.00. The Bertz CT molecular complexity index is 488. The molecule has 1 atom stereocenters. The van der Waals surface area contributed by atoms with E-state index in [4.69, 9.17) is 0 Å². The lowest BCUT2D eigenvalue weighted by atomic mass is 10.1. The Balaban J connectivity index is 2.87. The van der Waals surface area contributed by atoms with Crippen LogP contribution in [0.3, 0.4) is 0 Å². The summed E-state index contributed by atoms with van der Waals surface area (Å²) >= 11 is 4.86. The molecular weight excluding hydrogens is 330 g/mol. The van der Waals surface area contributed by atoms with E-state index < -0.39 is 5.60 Å². The molecule has 1 aromatic rings. The van der Waals surface area contributed by atoms with Crippen LogP contribution in [0, 0.1) is 0 Å². The fraction of sp³-hybridized carbons (Fsp3) is 0.667. The first-order valence-corrected chi connectivity index (χ1v) is 8.19. The van der Waals surface area contributed by atoms with Crippen LogP contribution in [-0.2, 0) is 0 Å². The van der Waals surface area contributed by atoms with Crippen LogP contribution < -0.4 is 10.9 Å². The Kier molecular flexibility index (Phi) is 5.88. The van der Waals surface area contributed by atoms with Gasteiger partial charge in [0.15, 0.2) is 0 Å². The van der Waals surface area contributed by atoms with Gasteiger partial charge in [-0.15, -0.1) is 0 Å². The van der Waals surface area contributed by atoms with Crippen molar-refractivity contribution in [3.63, 3.8) is 0 Å². The molecule has 1 heterocycles. The number of halogens is 1. The Morgan fingerprint density at radius 1 is 1.63 bits per heavy atom. The van der Waals surface area contributed by atoms with Gasteiger partial charge < -0.3 is 10.4 Å². The maximum absolute atomic E-state index is 12.0. The maximum atomic E-state index is 12.0. The molecule has 0 fully saturated rings. The average Bonchev–Trinajstić information content (AvgIpc) is 2.30. The summed E-state index contributed by atoms with van der Waals surface area (Å²) in [5, 5.41) is 17.2. The van der Waals surface area contributed by atoms with Crippen molar-refractivity contribution in [3.8, 4) is 0 Å². The highest BCUT2D eigenvalue weighted by atomic mass is 79.9. The second-order valence-corrected chi connectivity index (χ2v) is 6.66. The van der Waals surface area contributed by atoms with Crippen LogP contribution in [-0.4, -0.2) is 39.0 Å². The van der Waals surface area contributed by atoms with E-state index >= 15 is 0 Å². The molecule has 0 amide bonds. The Labute approximate surface area is 125 Å². The molecule has 19 heavy (non-hydrogen) atoms. The maximum Gasteiger partial charge on any atom is 0.283 e. The normalized spacial score (nSPS) is 14.5. The van der Waals surface area contributed by atoms with E-state index in [0.29, 0.717) is 22.5 Å². The number of rotatable bonds is 6. The number of nitrogens with one attached hydrogen (secondary N) is 1. The van der Waals surface area contributed by atoms with Gasteiger partial charge in [-0.1, -0.05) is 0 Å². The molecule has 0 aliphatic heterocycles. The first kappa shape index (κ1) is 16.5. The number of aliphatic hydroxyl groups is 1. The van der Waals surface area contributed by atoms with E-state index in [2.05, 4.69) is 26.3 Å². The number of hydrogen-bond donors (Lipinski definition) is 2. The molecule has 0 saturated heterocycles. The van der Waals surface area contributed by atoms with E-state index in [0.717, 1.165) is 0 Å². The van der Waals surface area contributed by atoms with Crippen molar-refractivity contribution in [2.24, 2.45) is 0 Å². The van der Waals surface area contributed by atoms with Gasteiger partial charge in [0.2, 0.25) is 0 Å². The van der Waals surface area contributed by atoms with Gasteiger partial charge in [-0.2, -0.15) is 16.9 Å². The fourth-order valence-corrected chi connectivity index (χ4v) is 2.73. The Morgan fingerprint density at radius 3 is 2.79 bits per heavy atom. The molecule has 0 aliphatic rings. The zero-order valence-corrected chi connectivity index (χ0v) is 14.0. The molecule has 5 nitrogen and oxygen atoms in total. The molecule has 0 aliphatic carbocycles. The summed E-state index contributed by atoms with van der Waals surface area (Å²) < 4.78 is 1.85. The van der Waals surface area contributed by atoms with Crippen LogP contribution in [0.5, 0.6) is 0 Å². The van der Waals surface area contributed by atoms with Crippen molar-refractivity contribution < 1.29 is 5.11 Å². The van der Waals surface area contributed by atoms with Crippen molar-refractivity contribution in [1.82, 2.24) is 9.78 Å². The van der Waals surface area contributed by atoms with E-state index in [1.54, 1.807) is 24.9 Å². The van der Waals surface area contributed by atoms with Gasteiger partial charge in [0.1, 0.15) is 4.47 Å². The first-order valence-electron chi connectivity index (χ1n) is 6.01. The molecule has 0 radical (unpaired) electrons. The van der Waals surface area contributed by atoms with Crippen molar-refractivity contribution in [3.05, 3.63) is 21.0 Å². The summed E-state index contributed by atoms with van der Waals surface area (Å²) in [5.74, 6) is 0.619. The molecule has 0 spiro atoms. The summed E-state index contributed by atoms with van der Waals surface area (Å²) in [6.07, 6.45) is 3.54. The lowest BCUT2D eigenvalue weighted by Gasteiger charge is -2.23. The van der Waals surface area contributed by atoms with Crippen LogP contribution >= 0.6 is 27.7 Å². The van der Waals surface area contributed by atoms with Crippen molar-refractivity contribution in [2.45, 2.75) is 32.4 Å². The zero-order chi connectivity index (χ0) is 14.6. The van der Waals surface area contributed by atoms with Gasteiger partial charge in [-0.3, -0.25) is 4.79 Å². The minimum Gasteiger partial charge on any atom is -0.387 e. The lowest BCUT2D eigenvalue weighted by Crippen LogP contribution is -2.36. The molecule has 0 aromatic carbocycles. The quantitative estimate of drug-likeness (QED) is 0.823. The van der Waals surface area contributed by atoms with Gasteiger partial charge in [0, 0.05) is 12.3 Å². The van der Waals surface area contributed by atoms with Crippen molar-refractivity contribution in [1.29, 1.82) is 0 Å². The highest BCUT2D eigenvalue weighted by molar-refractivity contribution is 9.10. The van der Waals surface area contributed by atoms with Crippen LogP contribution in [0.4, 0.5) is 5.69 Å².